The molecule has 1 aliphatic rings. The number of amides is 2. The molecule has 0 radical (unpaired) electrons. The highest BCUT2D eigenvalue weighted by atomic mass is 16.2. The lowest BCUT2D eigenvalue weighted by Gasteiger charge is -2.13. The van der Waals surface area contributed by atoms with Gasteiger partial charge in [0.05, 0.1) is 11.8 Å². The summed E-state index contributed by atoms with van der Waals surface area (Å²) in [4.78, 5) is 26.8. The maximum atomic E-state index is 12.4. The number of nitrogens with one attached hydrogen (secondary N) is 2. The highest BCUT2D eigenvalue weighted by Gasteiger charge is 2.48. The van der Waals surface area contributed by atoms with Gasteiger partial charge in [-0.3, -0.25) is 9.59 Å². The maximum Gasteiger partial charge on any atom is 0.228 e. The molecule has 26 heavy (non-hydrogen) atoms. The highest BCUT2D eigenvalue weighted by Crippen LogP contribution is 2.40. The van der Waals surface area contributed by atoms with E-state index in [-0.39, 0.29) is 23.7 Å². The summed E-state index contributed by atoms with van der Waals surface area (Å²) in [6.45, 7) is 2.06. The Labute approximate surface area is 154 Å². The minimum absolute atomic E-state index is 0.0750. The van der Waals surface area contributed by atoms with Gasteiger partial charge in [0.1, 0.15) is 0 Å². The van der Waals surface area contributed by atoms with Crippen LogP contribution in [0.5, 0.6) is 0 Å². The Morgan fingerprint density at radius 1 is 0.962 bits per heavy atom. The van der Waals surface area contributed by atoms with Crippen molar-refractivity contribution in [2.75, 3.05) is 29.6 Å². The van der Waals surface area contributed by atoms with E-state index in [0.717, 1.165) is 29.0 Å². The van der Waals surface area contributed by atoms with Gasteiger partial charge in [-0.2, -0.15) is 0 Å². The molecule has 2 N–H and O–H groups in total. The molecule has 0 spiro atoms. The molecule has 2 atom stereocenters. The van der Waals surface area contributed by atoms with Crippen LogP contribution in [0.2, 0.25) is 0 Å². The predicted octanol–water partition coefficient (Wildman–Crippen LogP) is 3.53. The second kappa shape index (κ2) is 7.60. The maximum absolute atomic E-state index is 12.4. The summed E-state index contributed by atoms with van der Waals surface area (Å²) < 4.78 is 0. The topological polar surface area (TPSA) is 61.4 Å². The molecule has 5 heteroatoms. The molecular weight excluding hydrogens is 326 g/mol. The van der Waals surface area contributed by atoms with E-state index in [9.17, 15) is 9.59 Å². The zero-order valence-electron chi connectivity index (χ0n) is 15.5. The van der Waals surface area contributed by atoms with Crippen molar-refractivity contribution in [3.8, 4) is 0 Å². The second-order valence-corrected chi connectivity index (χ2v) is 6.88. The Balaban J connectivity index is 1.55. The average molecular weight is 351 g/mol. The number of rotatable bonds is 6. The van der Waals surface area contributed by atoms with Gasteiger partial charge in [0.15, 0.2) is 0 Å². The Morgan fingerprint density at radius 3 is 2.19 bits per heavy atom. The summed E-state index contributed by atoms with van der Waals surface area (Å²) in [5.74, 6) is -0.668. The van der Waals surface area contributed by atoms with Crippen molar-refractivity contribution in [2.24, 2.45) is 11.8 Å². The van der Waals surface area contributed by atoms with E-state index >= 15 is 0 Å². The molecule has 136 valence electrons. The van der Waals surface area contributed by atoms with Crippen LogP contribution in [0.15, 0.2) is 48.5 Å². The first-order valence-corrected chi connectivity index (χ1v) is 8.96. The van der Waals surface area contributed by atoms with Crippen LogP contribution in [0.4, 0.5) is 17.1 Å². The summed E-state index contributed by atoms with van der Waals surface area (Å²) in [6.07, 6.45) is 1.45. The number of aryl methyl sites for hydroxylation is 1. The number of benzene rings is 2. The zero-order chi connectivity index (χ0) is 18.7. The van der Waals surface area contributed by atoms with Crippen LogP contribution in [0.25, 0.3) is 0 Å². The number of nitrogens with zero attached hydrogens (tertiary/aromatic N) is 1. The molecule has 5 nitrogen and oxygen atoms in total. The van der Waals surface area contributed by atoms with Gasteiger partial charge in [-0.25, -0.2) is 0 Å². The molecule has 2 aromatic carbocycles. The van der Waals surface area contributed by atoms with Crippen LogP contribution < -0.4 is 15.5 Å². The predicted molar refractivity (Wildman–Crippen MR) is 105 cm³/mol. The van der Waals surface area contributed by atoms with Crippen molar-refractivity contribution in [1.29, 1.82) is 0 Å². The summed E-state index contributed by atoms with van der Waals surface area (Å²) in [5.41, 5.74) is 3.76. The number of hydrogen-bond donors (Lipinski definition) is 2. The van der Waals surface area contributed by atoms with Crippen LogP contribution in [0, 0.1) is 11.8 Å². The molecular formula is C21H25N3O2. The first kappa shape index (κ1) is 18.0. The van der Waals surface area contributed by atoms with Gasteiger partial charge >= 0.3 is 0 Å². The van der Waals surface area contributed by atoms with E-state index in [4.69, 9.17) is 0 Å². The van der Waals surface area contributed by atoms with E-state index < -0.39 is 0 Å². The average Bonchev–Trinajstić information content (AvgIpc) is 3.43. The van der Waals surface area contributed by atoms with Crippen molar-refractivity contribution < 1.29 is 9.59 Å². The van der Waals surface area contributed by atoms with Crippen LogP contribution >= 0.6 is 0 Å². The quantitative estimate of drug-likeness (QED) is 0.837. The normalized spacial score (nSPS) is 18.1. The summed E-state index contributed by atoms with van der Waals surface area (Å²) in [7, 11) is 3.94. The standard InChI is InChI=1S/C21H25N3O2/c1-4-14-7-5-6-8-19(14)23-21(26)18-13-17(18)20(25)22-15-9-11-16(12-10-15)24(2)3/h5-12,17-18H,4,13H2,1-3H3,(H,22,25)(H,23,26). The lowest BCUT2D eigenvalue weighted by Crippen LogP contribution is -2.21. The minimum atomic E-state index is -0.252. The lowest BCUT2D eigenvalue weighted by molar-refractivity contribution is -0.122. The monoisotopic (exact) mass is 351 g/mol. The van der Waals surface area contributed by atoms with E-state index in [0.29, 0.717) is 6.42 Å². The molecule has 0 aromatic heterocycles. The SMILES string of the molecule is CCc1ccccc1NC(=O)C1CC1C(=O)Nc1ccc(N(C)C)cc1. The third kappa shape index (κ3) is 4.04. The Hall–Kier alpha value is -2.82. The van der Waals surface area contributed by atoms with Crippen molar-refractivity contribution in [1.82, 2.24) is 0 Å². The fourth-order valence-corrected chi connectivity index (χ4v) is 3.03. The molecule has 1 fully saturated rings. The van der Waals surface area contributed by atoms with Crippen molar-refractivity contribution in [2.45, 2.75) is 19.8 Å². The van der Waals surface area contributed by atoms with Crippen LogP contribution in [-0.2, 0) is 16.0 Å². The fraction of sp³-hybridized carbons (Fsp3) is 0.333. The van der Waals surface area contributed by atoms with Crippen molar-refractivity contribution in [3.63, 3.8) is 0 Å². The minimum Gasteiger partial charge on any atom is -0.378 e. The Kier molecular flexibility index (Phi) is 5.26. The van der Waals surface area contributed by atoms with Gasteiger partial charge in [0.2, 0.25) is 11.8 Å². The lowest BCUT2D eigenvalue weighted by atomic mass is 10.1. The zero-order valence-corrected chi connectivity index (χ0v) is 15.5. The molecule has 1 aliphatic carbocycles. The molecule has 1 saturated carbocycles. The van der Waals surface area contributed by atoms with Crippen LogP contribution in [0.1, 0.15) is 18.9 Å². The Bertz CT molecular complexity index is 799. The van der Waals surface area contributed by atoms with Crippen LogP contribution in [0.3, 0.4) is 0 Å². The summed E-state index contributed by atoms with van der Waals surface area (Å²) >= 11 is 0. The van der Waals surface area contributed by atoms with Crippen molar-refractivity contribution >= 4 is 28.9 Å². The fourth-order valence-electron chi connectivity index (χ4n) is 3.03. The second-order valence-electron chi connectivity index (χ2n) is 6.88. The van der Waals surface area contributed by atoms with Gasteiger partial charge in [-0.1, -0.05) is 25.1 Å². The van der Waals surface area contributed by atoms with Crippen molar-refractivity contribution in [3.05, 3.63) is 54.1 Å². The van der Waals surface area contributed by atoms with E-state index in [1.165, 1.54) is 0 Å². The van der Waals surface area contributed by atoms with Gasteiger partial charge in [0.25, 0.3) is 0 Å². The third-order valence-corrected chi connectivity index (χ3v) is 4.77. The molecule has 0 heterocycles. The number of carbonyl (C=O) groups is 2. The Morgan fingerprint density at radius 2 is 1.58 bits per heavy atom. The number of carbonyl (C=O) groups excluding carboxylic acids is 2. The summed E-state index contributed by atoms with van der Waals surface area (Å²) in [5, 5.41) is 5.87. The van der Waals surface area contributed by atoms with E-state index in [2.05, 4.69) is 17.6 Å². The number of anilines is 3. The van der Waals surface area contributed by atoms with E-state index in [1.54, 1.807) is 0 Å². The smallest absolute Gasteiger partial charge is 0.228 e. The van der Waals surface area contributed by atoms with Gasteiger partial charge in [-0.15, -0.1) is 0 Å². The number of para-hydroxylation sites is 1. The molecule has 0 aliphatic heterocycles. The molecule has 2 aromatic rings. The first-order valence-electron chi connectivity index (χ1n) is 8.96. The van der Waals surface area contributed by atoms with Gasteiger partial charge in [-0.05, 0) is 48.7 Å². The largest absolute Gasteiger partial charge is 0.378 e. The van der Waals surface area contributed by atoms with E-state index in [1.807, 2.05) is 67.5 Å². The van der Waals surface area contributed by atoms with Gasteiger partial charge < -0.3 is 15.5 Å². The first-order chi connectivity index (χ1) is 12.5. The molecule has 2 amide bonds. The number of hydrogen-bond acceptors (Lipinski definition) is 3. The molecule has 0 bridgehead atoms. The molecule has 2 unspecified atom stereocenters. The highest BCUT2D eigenvalue weighted by molar-refractivity contribution is 6.03. The van der Waals surface area contributed by atoms with Gasteiger partial charge in [0, 0.05) is 31.2 Å². The third-order valence-electron chi connectivity index (χ3n) is 4.77. The summed E-state index contributed by atoms with van der Waals surface area (Å²) in [6, 6.07) is 15.4. The molecule has 0 saturated heterocycles. The molecule has 3 rings (SSSR count). The van der Waals surface area contributed by atoms with Crippen LogP contribution in [-0.4, -0.2) is 25.9 Å².